The van der Waals surface area contributed by atoms with Gasteiger partial charge in [-0.15, -0.1) is 10.2 Å². The summed E-state index contributed by atoms with van der Waals surface area (Å²) in [5.74, 6) is -0.717. The summed E-state index contributed by atoms with van der Waals surface area (Å²) < 4.78 is 26.4. The molecular formula is C19H20N4O4S. The van der Waals surface area contributed by atoms with Crippen LogP contribution in [0.5, 0.6) is 5.88 Å². The quantitative estimate of drug-likeness (QED) is 0.547. The maximum atomic E-state index is 12.1. The summed E-state index contributed by atoms with van der Waals surface area (Å²) in [6.45, 7) is 3.54. The third-order valence-electron chi connectivity index (χ3n) is 4.17. The van der Waals surface area contributed by atoms with Crippen LogP contribution in [0.15, 0.2) is 63.7 Å². The normalized spacial score (nSPS) is 12.2. The van der Waals surface area contributed by atoms with Gasteiger partial charge in [0, 0.05) is 5.39 Å². The summed E-state index contributed by atoms with van der Waals surface area (Å²) in [5.41, 5.74) is 1.84. The number of rotatable bonds is 6. The number of H-pyrrole nitrogens is 1. The van der Waals surface area contributed by atoms with Crippen molar-refractivity contribution < 1.29 is 18.3 Å². The van der Waals surface area contributed by atoms with Crippen LogP contribution >= 0.6 is 0 Å². The number of hydrogen-bond acceptors (Lipinski definition) is 5. The maximum absolute atomic E-state index is 12.1. The molecule has 0 fully saturated rings. The lowest BCUT2D eigenvalue weighted by Crippen LogP contribution is -2.28. The third-order valence-corrected chi connectivity index (χ3v) is 5.59. The number of aromatic nitrogens is 1. The highest BCUT2D eigenvalue weighted by Crippen LogP contribution is 2.36. The van der Waals surface area contributed by atoms with Gasteiger partial charge < -0.3 is 10.1 Å². The van der Waals surface area contributed by atoms with Crippen molar-refractivity contribution in [1.82, 2.24) is 9.71 Å². The van der Waals surface area contributed by atoms with Crippen LogP contribution in [0.3, 0.4) is 0 Å². The molecule has 0 radical (unpaired) electrons. The fraction of sp³-hybridized carbons (Fsp3) is 0.211. The fourth-order valence-electron chi connectivity index (χ4n) is 2.62. The van der Waals surface area contributed by atoms with Crippen molar-refractivity contribution in [2.45, 2.75) is 24.7 Å². The molecule has 3 N–H and O–H groups in total. The molecular weight excluding hydrogens is 380 g/mol. The highest BCUT2D eigenvalue weighted by molar-refractivity contribution is 7.89. The Hall–Kier alpha value is -3.04. The van der Waals surface area contributed by atoms with Gasteiger partial charge in [-0.2, -0.15) is 0 Å². The van der Waals surface area contributed by atoms with Crippen LogP contribution in [0.2, 0.25) is 0 Å². The number of benzene rings is 2. The molecule has 0 bridgehead atoms. The van der Waals surface area contributed by atoms with Crippen molar-refractivity contribution in [1.29, 1.82) is 0 Å². The molecule has 0 aliphatic heterocycles. The summed E-state index contributed by atoms with van der Waals surface area (Å²) in [6, 6.07) is 13.3. The molecule has 0 atom stereocenters. The van der Waals surface area contributed by atoms with E-state index in [2.05, 4.69) is 19.9 Å². The Morgan fingerprint density at radius 1 is 1.18 bits per heavy atom. The van der Waals surface area contributed by atoms with E-state index in [1.807, 2.05) is 32.0 Å². The largest absolute Gasteiger partial charge is 0.493 e. The zero-order valence-corrected chi connectivity index (χ0v) is 16.2. The Morgan fingerprint density at radius 3 is 2.57 bits per heavy atom. The first kappa shape index (κ1) is 19.7. The summed E-state index contributed by atoms with van der Waals surface area (Å²) >= 11 is 0. The Morgan fingerprint density at radius 2 is 1.89 bits per heavy atom. The molecule has 2 aromatic carbocycles. The zero-order valence-electron chi connectivity index (χ0n) is 15.4. The van der Waals surface area contributed by atoms with Crippen LogP contribution in [0, 0.1) is 0 Å². The molecule has 146 valence electrons. The predicted molar refractivity (Wildman–Crippen MR) is 105 cm³/mol. The van der Waals surface area contributed by atoms with Crippen molar-refractivity contribution in [2.24, 2.45) is 10.2 Å². The molecule has 0 spiro atoms. The Bertz CT molecular complexity index is 1140. The van der Waals surface area contributed by atoms with E-state index in [1.165, 1.54) is 12.1 Å². The molecule has 8 nitrogen and oxygen atoms in total. The Kier molecular flexibility index (Phi) is 5.57. The molecule has 1 amide bonds. The van der Waals surface area contributed by atoms with Gasteiger partial charge in [-0.05, 0) is 35.7 Å². The van der Waals surface area contributed by atoms with Gasteiger partial charge in [0.2, 0.25) is 15.9 Å². The second-order valence-electron chi connectivity index (χ2n) is 6.51. The van der Waals surface area contributed by atoms with E-state index in [9.17, 15) is 18.3 Å². The fourth-order valence-corrected chi connectivity index (χ4v) is 3.62. The summed E-state index contributed by atoms with van der Waals surface area (Å²) in [7, 11) is -3.81. The van der Waals surface area contributed by atoms with Crippen LogP contribution in [-0.2, 0) is 14.8 Å². The highest BCUT2D eigenvalue weighted by Gasteiger charge is 2.16. The topological polar surface area (TPSA) is 124 Å². The van der Waals surface area contributed by atoms with Crippen molar-refractivity contribution >= 4 is 32.5 Å². The van der Waals surface area contributed by atoms with Crippen LogP contribution in [0.1, 0.15) is 25.3 Å². The minimum atomic E-state index is -3.81. The third kappa shape index (κ3) is 4.26. The molecule has 0 aliphatic carbocycles. The van der Waals surface area contributed by atoms with E-state index < -0.39 is 22.5 Å². The molecule has 1 aromatic heterocycles. The summed E-state index contributed by atoms with van der Waals surface area (Å²) in [4.78, 5) is 14.8. The predicted octanol–water partition coefficient (Wildman–Crippen LogP) is 3.59. The van der Waals surface area contributed by atoms with E-state index >= 15 is 0 Å². The molecule has 9 heteroatoms. The average molecular weight is 400 g/mol. The number of nitrogens with one attached hydrogen (secondary N) is 2. The molecule has 0 saturated carbocycles. The molecule has 0 unspecified atom stereocenters. The average Bonchev–Trinajstić information content (AvgIpc) is 2.99. The van der Waals surface area contributed by atoms with Crippen LogP contribution in [0.25, 0.3) is 10.9 Å². The molecule has 1 heterocycles. The smallest absolute Gasteiger partial charge is 0.279 e. The first-order chi connectivity index (χ1) is 13.3. The Labute approximate surface area is 162 Å². The minimum absolute atomic E-state index is 0.0511. The Balaban J connectivity index is 1.75. The second-order valence-corrected chi connectivity index (χ2v) is 8.28. The first-order valence-corrected chi connectivity index (χ1v) is 10.1. The molecule has 3 rings (SSSR count). The monoisotopic (exact) mass is 400 g/mol. The van der Waals surface area contributed by atoms with Crippen molar-refractivity contribution in [3.63, 3.8) is 0 Å². The van der Waals surface area contributed by atoms with Crippen LogP contribution in [-0.4, -0.2) is 31.0 Å². The van der Waals surface area contributed by atoms with Crippen molar-refractivity contribution in [3.05, 3.63) is 54.1 Å². The van der Waals surface area contributed by atoms with Crippen molar-refractivity contribution in [3.8, 4) is 5.88 Å². The van der Waals surface area contributed by atoms with Gasteiger partial charge in [-0.25, -0.2) is 13.1 Å². The van der Waals surface area contributed by atoms with E-state index in [-0.39, 0.29) is 22.4 Å². The van der Waals surface area contributed by atoms with Crippen LogP contribution < -0.4 is 4.72 Å². The van der Waals surface area contributed by atoms with E-state index in [1.54, 1.807) is 18.2 Å². The van der Waals surface area contributed by atoms with Gasteiger partial charge in [-0.1, -0.05) is 38.1 Å². The number of carbonyl (C=O) groups excluding carboxylic acids is 1. The summed E-state index contributed by atoms with van der Waals surface area (Å²) in [6.07, 6.45) is 0. The number of sulfonamides is 1. The van der Waals surface area contributed by atoms with Gasteiger partial charge in [0.1, 0.15) is 0 Å². The standard InChI is InChI=1S/C19H20N4O4S/c1-12(2)13-8-9-16-15(10-13)18(19(25)21-16)23-22-17(24)11-20-28(26,27)14-6-4-3-5-7-14/h3-10,12,20-21,25H,11H2,1-2H3. The lowest BCUT2D eigenvalue weighted by molar-refractivity contribution is -0.117. The number of amides is 1. The second kappa shape index (κ2) is 7.91. The lowest BCUT2D eigenvalue weighted by Gasteiger charge is -2.04. The van der Waals surface area contributed by atoms with Gasteiger partial charge in [0.05, 0.1) is 17.0 Å². The first-order valence-electron chi connectivity index (χ1n) is 8.62. The maximum Gasteiger partial charge on any atom is 0.279 e. The van der Waals surface area contributed by atoms with E-state index in [0.717, 1.165) is 5.56 Å². The molecule has 3 aromatic rings. The number of carbonyl (C=O) groups is 1. The number of hydrogen-bond donors (Lipinski definition) is 3. The van der Waals surface area contributed by atoms with Gasteiger partial charge >= 0.3 is 0 Å². The van der Waals surface area contributed by atoms with Gasteiger partial charge in [0.15, 0.2) is 5.69 Å². The van der Waals surface area contributed by atoms with E-state index in [0.29, 0.717) is 10.9 Å². The zero-order chi connectivity index (χ0) is 20.3. The SMILES string of the molecule is CC(C)c1ccc2[nH]c(O)c(N=NC(=O)CNS(=O)(=O)c3ccccc3)c2c1. The lowest BCUT2D eigenvalue weighted by atomic mass is 10.0. The minimum Gasteiger partial charge on any atom is -0.493 e. The van der Waals surface area contributed by atoms with Gasteiger partial charge in [-0.3, -0.25) is 4.79 Å². The highest BCUT2D eigenvalue weighted by atomic mass is 32.2. The molecule has 0 saturated heterocycles. The number of nitrogens with zero attached hydrogens (tertiary/aromatic N) is 2. The number of fused-ring (bicyclic) bond motifs is 1. The van der Waals surface area contributed by atoms with Gasteiger partial charge in [0.25, 0.3) is 5.91 Å². The van der Waals surface area contributed by atoms with Crippen LogP contribution in [0.4, 0.5) is 5.69 Å². The van der Waals surface area contributed by atoms with Crippen molar-refractivity contribution in [2.75, 3.05) is 6.54 Å². The number of aromatic amines is 1. The molecule has 28 heavy (non-hydrogen) atoms. The molecule has 0 aliphatic rings. The summed E-state index contributed by atoms with van der Waals surface area (Å²) in [5, 5.41) is 18.0. The number of azo groups is 1. The van der Waals surface area contributed by atoms with E-state index in [4.69, 9.17) is 0 Å². The number of aromatic hydroxyl groups is 1.